The van der Waals surface area contributed by atoms with Crippen molar-refractivity contribution in [3.05, 3.63) is 140 Å². The molecule has 0 unspecified atom stereocenters. The minimum Gasteiger partial charge on any atom is -0.311 e. The zero-order chi connectivity index (χ0) is 39.1. The summed E-state index contributed by atoms with van der Waals surface area (Å²) >= 11 is 0. The van der Waals surface area contributed by atoms with Gasteiger partial charge in [-0.15, -0.1) is 10.9 Å². The van der Waals surface area contributed by atoms with E-state index in [9.17, 15) is 0 Å². The first-order chi connectivity index (χ1) is 27.7. The Kier molecular flexibility index (Phi) is 8.26. The van der Waals surface area contributed by atoms with Crippen LogP contribution in [0.1, 0.15) is 0 Å². The molecular weight excluding hydrogens is 684 g/mol. The summed E-state index contributed by atoms with van der Waals surface area (Å²) in [5, 5.41) is 3.11. The summed E-state index contributed by atoms with van der Waals surface area (Å²) < 4.78 is 4.08. The standard InChI is InChI=1S/C46H23B7N4/c47-37-34(38(48)42(52)44-35(37)36-39(49)40(50)41(51)43(53)45(36)56(44)27-16-8-3-9-17-27)26-20-21-32-29(22-26)28-18-10-11-19-31(28)57(32)33-23-30(24-12-4-1-5-13-24)54-46(55-33)25-14-6-2-7-15-25/h1-23H. The van der Waals surface area contributed by atoms with E-state index in [2.05, 4.69) is 41.0 Å². The molecule has 3 aromatic heterocycles. The molecule has 0 aliphatic rings. The third kappa shape index (κ3) is 5.32. The Hall–Kier alpha value is -6.33. The smallest absolute Gasteiger partial charge is 0.162 e. The van der Waals surface area contributed by atoms with Crippen LogP contribution in [0.3, 0.4) is 0 Å². The number of benzene rings is 7. The molecular formula is C46H23B7N4. The van der Waals surface area contributed by atoms with E-state index in [0.29, 0.717) is 49.6 Å². The molecule has 0 spiro atoms. The van der Waals surface area contributed by atoms with Gasteiger partial charge in [0.15, 0.2) is 5.82 Å². The first kappa shape index (κ1) is 35.1. The maximum Gasteiger partial charge on any atom is 0.162 e. The van der Waals surface area contributed by atoms with Gasteiger partial charge in [-0.2, -0.15) is 0 Å². The summed E-state index contributed by atoms with van der Waals surface area (Å²) in [6.45, 7) is 0. The van der Waals surface area contributed by atoms with Gasteiger partial charge in [0, 0.05) is 50.1 Å². The number of fused-ring (bicyclic) bond motifs is 6. The Morgan fingerprint density at radius 3 is 1.65 bits per heavy atom. The van der Waals surface area contributed by atoms with E-state index in [0.717, 1.165) is 55.7 Å². The van der Waals surface area contributed by atoms with Crippen molar-refractivity contribution in [2.75, 3.05) is 0 Å². The van der Waals surface area contributed by atoms with E-state index in [4.69, 9.17) is 64.9 Å². The molecule has 0 amide bonds. The van der Waals surface area contributed by atoms with Crippen LogP contribution in [0.4, 0.5) is 0 Å². The summed E-state index contributed by atoms with van der Waals surface area (Å²) in [5.74, 6) is 1.35. The molecule has 0 bridgehead atoms. The third-order valence-corrected chi connectivity index (χ3v) is 10.9. The van der Waals surface area contributed by atoms with Gasteiger partial charge in [0.2, 0.25) is 0 Å². The van der Waals surface area contributed by atoms with Crippen LogP contribution in [0, 0.1) is 0 Å². The summed E-state index contributed by atoms with van der Waals surface area (Å²) in [6, 6.07) is 46.2. The quantitative estimate of drug-likeness (QED) is 0.258. The van der Waals surface area contributed by atoms with E-state index >= 15 is 0 Å². The second-order valence-corrected chi connectivity index (χ2v) is 14.1. The molecule has 0 atom stereocenters. The molecule has 3 heterocycles. The van der Waals surface area contributed by atoms with Crippen LogP contribution in [0.15, 0.2) is 140 Å². The number of hydrogen-bond acceptors (Lipinski definition) is 2. The lowest BCUT2D eigenvalue weighted by Gasteiger charge is -2.19. The maximum absolute atomic E-state index is 7.24. The van der Waals surface area contributed by atoms with Crippen molar-refractivity contribution in [2.45, 2.75) is 0 Å². The zero-order valence-corrected chi connectivity index (χ0v) is 30.6. The van der Waals surface area contributed by atoms with Crippen molar-refractivity contribution in [1.29, 1.82) is 0 Å². The molecule has 0 saturated carbocycles. The molecule has 10 aromatic rings. The molecule has 57 heavy (non-hydrogen) atoms. The molecule has 0 aliphatic carbocycles. The van der Waals surface area contributed by atoms with Gasteiger partial charge in [-0.25, -0.2) is 9.97 Å². The van der Waals surface area contributed by atoms with E-state index in [-0.39, 0.29) is 21.9 Å². The Morgan fingerprint density at radius 1 is 0.386 bits per heavy atom. The molecule has 0 fully saturated rings. The number of aromatic nitrogens is 4. The Labute approximate surface area is 339 Å². The molecule has 10 rings (SSSR count). The van der Waals surface area contributed by atoms with Gasteiger partial charge in [0.05, 0.1) is 16.7 Å². The van der Waals surface area contributed by atoms with Gasteiger partial charge in [-0.3, -0.25) is 4.57 Å². The average molecular weight is 707 g/mol. The lowest BCUT2D eigenvalue weighted by atomic mass is 9.64. The molecule has 0 aliphatic heterocycles. The minimum atomic E-state index is 0.174. The molecule has 14 radical (unpaired) electrons. The Morgan fingerprint density at radius 2 is 0.947 bits per heavy atom. The number of rotatable bonds is 5. The van der Waals surface area contributed by atoms with Crippen LogP contribution in [-0.4, -0.2) is 74.0 Å². The normalized spacial score (nSPS) is 11.6. The fourth-order valence-corrected chi connectivity index (χ4v) is 8.24. The fraction of sp³-hybridized carbons (Fsp3) is 0. The van der Waals surface area contributed by atoms with Crippen LogP contribution >= 0.6 is 0 Å². The number of nitrogens with zero attached hydrogens (tertiary/aromatic N) is 4. The SMILES string of the molecule is [B]c1c([B])c([B])c2c(c1[B])c1c([B])c(-c3ccc4c(c3)c3ccccc3n4-c3cc(-c4ccccc4)nc(-c4ccccc4)n3)c([B])c([B])c1n2-c1ccccc1. The van der Waals surface area contributed by atoms with Gasteiger partial charge in [0.1, 0.15) is 60.7 Å². The minimum absolute atomic E-state index is 0.174. The first-order valence-electron chi connectivity index (χ1n) is 18.4. The van der Waals surface area contributed by atoms with Gasteiger partial charge in [-0.1, -0.05) is 130 Å². The van der Waals surface area contributed by atoms with Crippen molar-refractivity contribution in [3.8, 4) is 45.3 Å². The Balaban J connectivity index is 1.25. The summed E-state index contributed by atoms with van der Waals surface area (Å²) in [5.41, 5.74) is 9.72. The zero-order valence-electron chi connectivity index (χ0n) is 30.6. The molecule has 0 N–H and O–H groups in total. The highest BCUT2D eigenvalue weighted by molar-refractivity contribution is 6.69. The highest BCUT2D eigenvalue weighted by Gasteiger charge is 2.25. The fourth-order valence-electron chi connectivity index (χ4n) is 8.24. The van der Waals surface area contributed by atoms with E-state index in [1.165, 1.54) is 0 Å². The average Bonchev–Trinajstić information content (AvgIpc) is 3.79. The Bertz CT molecular complexity index is 3190. The first-order valence-corrected chi connectivity index (χ1v) is 18.4. The third-order valence-electron chi connectivity index (χ3n) is 10.9. The summed E-state index contributed by atoms with van der Waals surface area (Å²) in [4.78, 5) is 10.2. The van der Waals surface area contributed by atoms with Crippen LogP contribution in [0.2, 0.25) is 0 Å². The van der Waals surface area contributed by atoms with E-state index < -0.39 is 0 Å². The lowest BCUT2D eigenvalue weighted by molar-refractivity contribution is 1.05. The van der Waals surface area contributed by atoms with Gasteiger partial charge in [-0.05, 0) is 46.8 Å². The molecule has 11 heteroatoms. The lowest BCUT2D eigenvalue weighted by Crippen LogP contribution is -2.48. The van der Waals surface area contributed by atoms with E-state index in [1.54, 1.807) is 0 Å². The van der Waals surface area contributed by atoms with Gasteiger partial charge < -0.3 is 4.57 Å². The van der Waals surface area contributed by atoms with Crippen molar-refractivity contribution >= 4 is 137 Å². The van der Waals surface area contributed by atoms with Crippen LogP contribution in [-0.2, 0) is 0 Å². The number of hydrogen-bond donors (Lipinski definition) is 0. The largest absolute Gasteiger partial charge is 0.311 e. The van der Waals surface area contributed by atoms with Crippen molar-refractivity contribution in [2.24, 2.45) is 0 Å². The monoisotopic (exact) mass is 708 g/mol. The van der Waals surface area contributed by atoms with E-state index in [1.807, 2.05) is 108 Å². The van der Waals surface area contributed by atoms with Crippen molar-refractivity contribution < 1.29 is 0 Å². The van der Waals surface area contributed by atoms with Crippen LogP contribution in [0.5, 0.6) is 0 Å². The van der Waals surface area contributed by atoms with Crippen LogP contribution in [0.25, 0.3) is 88.9 Å². The second kappa shape index (κ2) is 13.4. The van der Waals surface area contributed by atoms with Gasteiger partial charge >= 0.3 is 0 Å². The second-order valence-electron chi connectivity index (χ2n) is 14.1. The highest BCUT2D eigenvalue weighted by atomic mass is 15.1. The molecule has 248 valence electrons. The topological polar surface area (TPSA) is 35.6 Å². The maximum atomic E-state index is 7.24. The van der Waals surface area contributed by atoms with Crippen LogP contribution < -0.4 is 38.2 Å². The van der Waals surface area contributed by atoms with Gasteiger partial charge in [0.25, 0.3) is 0 Å². The highest BCUT2D eigenvalue weighted by Crippen LogP contribution is 2.36. The predicted octanol–water partition coefficient (Wildman–Crippen LogP) is 3.23. The number of para-hydroxylation sites is 2. The van der Waals surface area contributed by atoms with Crippen molar-refractivity contribution in [1.82, 2.24) is 19.1 Å². The summed E-state index contributed by atoms with van der Waals surface area (Å²) in [6.07, 6.45) is 0. The molecule has 4 nitrogen and oxygen atoms in total. The summed E-state index contributed by atoms with van der Waals surface area (Å²) in [7, 11) is 47.7. The molecule has 7 aromatic carbocycles. The van der Waals surface area contributed by atoms with Crippen molar-refractivity contribution in [3.63, 3.8) is 0 Å². The predicted molar refractivity (Wildman–Crippen MR) is 245 cm³/mol. The molecule has 0 saturated heterocycles.